The summed E-state index contributed by atoms with van der Waals surface area (Å²) in [7, 11) is 0. The maximum atomic E-state index is 11.7. The van der Waals surface area contributed by atoms with Crippen LogP contribution in [-0.4, -0.2) is 23.5 Å². The molecule has 0 bridgehead atoms. The van der Waals surface area contributed by atoms with Crippen LogP contribution in [0.1, 0.15) is 30.3 Å². The normalized spacial score (nSPS) is 12.5. The molecule has 6 heteroatoms. The number of nitrogens with two attached hydrogens (primary N) is 1. The molecule has 16 heavy (non-hydrogen) atoms. The molecule has 0 aliphatic heterocycles. The molecule has 90 valence electrons. The van der Waals surface area contributed by atoms with Crippen LogP contribution in [-0.2, 0) is 0 Å². The summed E-state index contributed by atoms with van der Waals surface area (Å²) in [4.78, 5) is 14.4. The molecule has 1 atom stereocenters. The molecule has 0 spiro atoms. The molecular weight excluding hydrogens is 249 g/mol. The maximum Gasteiger partial charge on any atom is 0.268 e. The average molecular weight is 264 g/mol. The first-order valence-corrected chi connectivity index (χ1v) is 5.89. The van der Waals surface area contributed by atoms with E-state index in [1.807, 2.05) is 6.92 Å². The molecule has 1 heterocycles. The van der Waals surface area contributed by atoms with Gasteiger partial charge in [-0.1, -0.05) is 36.5 Å². The Morgan fingerprint density at radius 1 is 1.62 bits per heavy atom. The van der Waals surface area contributed by atoms with Crippen molar-refractivity contribution < 1.29 is 4.79 Å². The number of carbonyl (C=O) groups excluding carboxylic acids is 1. The largest absolute Gasteiger partial charge is 0.347 e. The van der Waals surface area contributed by atoms with E-state index in [-0.39, 0.29) is 17.1 Å². The Labute approximate surface area is 104 Å². The van der Waals surface area contributed by atoms with Gasteiger partial charge in [-0.25, -0.2) is 0 Å². The number of hydrogen-bond donors (Lipinski definition) is 3. The van der Waals surface area contributed by atoms with Gasteiger partial charge in [0.05, 0.1) is 5.02 Å². The van der Waals surface area contributed by atoms with E-state index in [1.54, 1.807) is 0 Å². The zero-order valence-electron chi connectivity index (χ0n) is 9.02. The Morgan fingerprint density at radius 2 is 2.31 bits per heavy atom. The molecule has 1 aromatic heterocycles. The van der Waals surface area contributed by atoms with Crippen LogP contribution in [0.5, 0.6) is 0 Å². The van der Waals surface area contributed by atoms with Crippen molar-refractivity contribution in [1.82, 2.24) is 10.3 Å². The van der Waals surface area contributed by atoms with Gasteiger partial charge in [0.2, 0.25) is 0 Å². The van der Waals surface area contributed by atoms with Crippen LogP contribution in [0.25, 0.3) is 0 Å². The number of aromatic amines is 1. The second-order valence-electron chi connectivity index (χ2n) is 3.54. The quantitative estimate of drug-likeness (QED) is 0.762. The third-order valence-corrected chi connectivity index (χ3v) is 2.92. The molecule has 0 fully saturated rings. The van der Waals surface area contributed by atoms with Crippen LogP contribution in [0.15, 0.2) is 6.07 Å². The summed E-state index contributed by atoms with van der Waals surface area (Å²) in [5.74, 6) is -0.238. The van der Waals surface area contributed by atoms with Crippen molar-refractivity contribution in [2.24, 2.45) is 5.73 Å². The predicted molar refractivity (Wildman–Crippen MR) is 66.0 cm³/mol. The SMILES string of the molecule is CCCC(CN)NC(=O)c1cc(Cl)c(Cl)[nH]1. The van der Waals surface area contributed by atoms with Gasteiger partial charge in [-0.05, 0) is 12.5 Å². The van der Waals surface area contributed by atoms with Crippen molar-refractivity contribution in [3.8, 4) is 0 Å². The summed E-state index contributed by atoms with van der Waals surface area (Å²) in [6.45, 7) is 2.46. The lowest BCUT2D eigenvalue weighted by molar-refractivity contribution is 0.0931. The van der Waals surface area contributed by atoms with Crippen LogP contribution in [0.4, 0.5) is 0 Å². The maximum absolute atomic E-state index is 11.7. The highest BCUT2D eigenvalue weighted by molar-refractivity contribution is 6.41. The van der Waals surface area contributed by atoms with Crippen LogP contribution < -0.4 is 11.1 Å². The van der Waals surface area contributed by atoms with E-state index in [4.69, 9.17) is 28.9 Å². The lowest BCUT2D eigenvalue weighted by Gasteiger charge is -2.14. The first kappa shape index (κ1) is 13.4. The van der Waals surface area contributed by atoms with Crippen LogP contribution in [0, 0.1) is 0 Å². The lowest BCUT2D eigenvalue weighted by atomic mass is 10.1. The fraction of sp³-hybridized carbons (Fsp3) is 0.500. The Morgan fingerprint density at radius 3 is 2.75 bits per heavy atom. The zero-order chi connectivity index (χ0) is 12.1. The fourth-order valence-corrected chi connectivity index (χ4v) is 1.70. The van der Waals surface area contributed by atoms with Gasteiger partial charge >= 0.3 is 0 Å². The molecule has 4 nitrogen and oxygen atoms in total. The minimum absolute atomic E-state index is 0.0154. The van der Waals surface area contributed by atoms with Crippen molar-refractivity contribution in [3.05, 3.63) is 21.9 Å². The summed E-state index contributed by atoms with van der Waals surface area (Å²) in [5.41, 5.74) is 5.89. The number of amides is 1. The third kappa shape index (κ3) is 3.40. The van der Waals surface area contributed by atoms with Gasteiger partial charge in [-0.15, -0.1) is 0 Å². The molecule has 1 unspecified atom stereocenters. The molecule has 1 amide bonds. The number of H-pyrrole nitrogens is 1. The molecule has 0 aliphatic rings. The van der Waals surface area contributed by atoms with Crippen LogP contribution in [0.2, 0.25) is 10.2 Å². The number of rotatable bonds is 5. The van der Waals surface area contributed by atoms with Crippen molar-refractivity contribution in [1.29, 1.82) is 0 Å². The highest BCUT2D eigenvalue weighted by Gasteiger charge is 2.14. The smallest absolute Gasteiger partial charge is 0.268 e. The highest BCUT2D eigenvalue weighted by Crippen LogP contribution is 2.21. The summed E-state index contributed by atoms with van der Waals surface area (Å²) in [6, 6.07) is 1.48. The van der Waals surface area contributed by atoms with Gasteiger partial charge in [0, 0.05) is 12.6 Å². The summed E-state index contributed by atoms with van der Waals surface area (Å²) in [5, 5.41) is 3.42. The molecule has 4 N–H and O–H groups in total. The predicted octanol–water partition coefficient (Wildman–Crippen LogP) is 2.18. The van der Waals surface area contributed by atoms with Gasteiger partial charge in [0.15, 0.2) is 0 Å². The van der Waals surface area contributed by atoms with E-state index >= 15 is 0 Å². The average Bonchev–Trinajstić information content (AvgIpc) is 2.58. The monoisotopic (exact) mass is 263 g/mol. The first-order valence-electron chi connectivity index (χ1n) is 5.13. The van der Waals surface area contributed by atoms with Crippen molar-refractivity contribution in [3.63, 3.8) is 0 Å². The number of nitrogens with one attached hydrogen (secondary N) is 2. The standard InChI is InChI=1S/C10H15Cl2N3O/c1-2-3-6(5-13)14-10(16)8-4-7(11)9(12)15-8/h4,6,15H,2-3,5,13H2,1H3,(H,14,16). The van der Waals surface area contributed by atoms with Crippen LogP contribution >= 0.6 is 23.2 Å². The molecule has 0 saturated heterocycles. The van der Waals surface area contributed by atoms with Gasteiger partial charge in [0.25, 0.3) is 5.91 Å². The van der Waals surface area contributed by atoms with E-state index in [0.29, 0.717) is 17.3 Å². The van der Waals surface area contributed by atoms with Gasteiger partial charge in [0.1, 0.15) is 10.8 Å². The fourth-order valence-electron chi connectivity index (χ4n) is 1.39. The highest BCUT2D eigenvalue weighted by atomic mass is 35.5. The minimum Gasteiger partial charge on any atom is -0.347 e. The summed E-state index contributed by atoms with van der Waals surface area (Å²) in [6.07, 6.45) is 1.82. The van der Waals surface area contributed by atoms with Gasteiger partial charge in [-0.3, -0.25) is 4.79 Å². The van der Waals surface area contributed by atoms with E-state index in [1.165, 1.54) is 6.07 Å². The number of halogens is 2. The summed E-state index contributed by atoms with van der Waals surface area (Å²) < 4.78 is 0. The molecular formula is C10H15Cl2N3O. The molecule has 0 aliphatic carbocycles. The molecule has 1 aromatic rings. The Kier molecular flexibility index (Phi) is 5.12. The molecule has 0 radical (unpaired) electrons. The van der Waals surface area contributed by atoms with Crippen molar-refractivity contribution >= 4 is 29.1 Å². The minimum atomic E-state index is -0.238. The second kappa shape index (κ2) is 6.13. The van der Waals surface area contributed by atoms with Gasteiger partial charge in [-0.2, -0.15) is 0 Å². The van der Waals surface area contributed by atoms with E-state index in [2.05, 4.69) is 10.3 Å². The topological polar surface area (TPSA) is 70.9 Å². The number of aromatic nitrogens is 1. The molecule has 0 saturated carbocycles. The first-order chi connectivity index (χ1) is 7.58. The Hall–Kier alpha value is -0.710. The van der Waals surface area contributed by atoms with E-state index in [9.17, 15) is 4.79 Å². The Bertz CT molecular complexity index is 345. The second-order valence-corrected chi connectivity index (χ2v) is 4.32. The van der Waals surface area contributed by atoms with Gasteiger partial charge < -0.3 is 16.0 Å². The van der Waals surface area contributed by atoms with E-state index in [0.717, 1.165) is 12.8 Å². The van der Waals surface area contributed by atoms with E-state index < -0.39 is 0 Å². The lowest BCUT2D eigenvalue weighted by Crippen LogP contribution is -2.40. The zero-order valence-corrected chi connectivity index (χ0v) is 10.5. The molecule has 0 aromatic carbocycles. The van der Waals surface area contributed by atoms with Crippen molar-refractivity contribution in [2.75, 3.05) is 6.54 Å². The number of carbonyl (C=O) groups is 1. The third-order valence-electron chi connectivity index (χ3n) is 2.23. The Balaban J connectivity index is 2.64. The van der Waals surface area contributed by atoms with Crippen LogP contribution in [0.3, 0.4) is 0 Å². The molecule has 1 rings (SSSR count). The number of hydrogen-bond acceptors (Lipinski definition) is 2. The summed E-state index contributed by atoms with van der Waals surface area (Å²) >= 11 is 11.5. The van der Waals surface area contributed by atoms with Crippen molar-refractivity contribution in [2.45, 2.75) is 25.8 Å².